The Labute approximate surface area is 150 Å². The predicted molar refractivity (Wildman–Crippen MR) is 92.9 cm³/mol. The normalized spacial score (nSPS) is 10.3. The van der Waals surface area contributed by atoms with Crippen molar-refractivity contribution in [3.8, 4) is 5.75 Å². The number of rotatable bonds is 8. The Morgan fingerprint density at radius 2 is 1.81 bits per heavy atom. The van der Waals surface area contributed by atoms with Crippen molar-refractivity contribution in [2.75, 3.05) is 13.2 Å². The average molecular weight is 357 g/mol. The van der Waals surface area contributed by atoms with Gasteiger partial charge in [0.2, 0.25) is 5.78 Å². The van der Waals surface area contributed by atoms with E-state index in [-0.39, 0.29) is 17.2 Å². The zero-order valence-electron chi connectivity index (χ0n) is 14.8. The third-order valence-corrected chi connectivity index (χ3v) is 3.82. The lowest BCUT2D eigenvalue weighted by Gasteiger charge is -2.08. The standard InChI is InChI=1S/C19H19NO6/c1-11-18(13(3)22)12(2)20-19(11)15(23)9-26-17(24)10-25-16-7-5-4-6-14(16)8-21/h4-8,20H,9-10H2,1-3H3. The molecule has 0 atom stereocenters. The number of aromatic amines is 1. The van der Waals surface area contributed by atoms with E-state index in [9.17, 15) is 19.2 Å². The minimum Gasteiger partial charge on any atom is -0.481 e. The highest BCUT2D eigenvalue weighted by molar-refractivity contribution is 6.04. The number of carbonyl (C=O) groups is 4. The highest BCUT2D eigenvalue weighted by atomic mass is 16.6. The fraction of sp³-hybridized carbons (Fsp3) is 0.263. The number of H-pyrrole nitrogens is 1. The molecule has 0 saturated carbocycles. The zero-order valence-corrected chi connectivity index (χ0v) is 14.8. The average Bonchev–Trinajstić information content (AvgIpc) is 2.92. The van der Waals surface area contributed by atoms with Gasteiger partial charge in [0.25, 0.3) is 0 Å². The van der Waals surface area contributed by atoms with Crippen molar-refractivity contribution >= 4 is 23.8 Å². The maximum atomic E-state index is 12.2. The summed E-state index contributed by atoms with van der Waals surface area (Å²) in [5, 5.41) is 0. The molecule has 1 heterocycles. The summed E-state index contributed by atoms with van der Waals surface area (Å²) in [6.45, 7) is 3.88. The predicted octanol–water partition coefficient (Wildman–Crippen LogP) is 2.45. The van der Waals surface area contributed by atoms with Gasteiger partial charge in [-0.1, -0.05) is 12.1 Å². The Balaban J connectivity index is 1.93. The second-order valence-corrected chi connectivity index (χ2v) is 5.71. The lowest BCUT2D eigenvalue weighted by molar-refractivity contribution is -0.144. The van der Waals surface area contributed by atoms with E-state index >= 15 is 0 Å². The quantitative estimate of drug-likeness (QED) is 0.442. The topological polar surface area (TPSA) is 103 Å². The van der Waals surface area contributed by atoms with Crippen LogP contribution in [0.5, 0.6) is 5.75 Å². The Hall–Kier alpha value is -3.22. The zero-order chi connectivity index (χ0) is 19.3. The van der Waals surface area contributed by atoms with E-state index in [4.69, 9.17) is 9.47 Å². The summed E-state index contributed by atoms with van der Waals surface area (Å²) in [4.78, 5) is 49.3. The number of ether oxygens (including phenoxy) is 2. The van der Waals surface area contributed by atoms with Crippen LogP contribution >= 0.6 is 0 Å². The summed E-state index contributed by atoms with van der Waals surface area (Å²) in [5.74, 6) is -1.08. The Morgan fingerprint density at radius 3 is 2.42 bits per heavy atom. The van der Waals surface area contributed by atoms with Gasteiger partial charge in [-0.2, -0.15) is 0 Å². The number of aromatic nitrogens is 1. The van der Waals surface area contributed by atoms with Crippen LogP contribution in [-0.2, 0) is 9.53 Å². The van der Waals surface area contributed by atoms with Crippen molar-refractivity contribution in [2.45, 2.75) is 20.8 Å². The summed E-state index contributed by atoms with van der Waals surface area (Å²) in [5.41, 5.74) is 2.15. The lowest BCUT2D eigenvalue weighted by atomic mass is 10.1. The molecule has 0 aliphatic rings. The van der Waals surface area contributed by atoms with Crippen LogP contribution in [0.2, 0.25) is 0 Å². The van der Waals surface area contributed by atoms with Crippen molar-refractivity contribution in [3.05, 3.63) is 52.3 Å². The van der Waals surface area contributed by atoms with E-state index in [1.165, 1.54) is 6.92 Å². The van der Waals surface area contributed by atoms with Crippen LogP contribution < -0.4 is 4.74 Å². The van der Waals surface area contributed by atoms with Crippen LogP contribution in [0.4, 0.5) is 0 Å². The largest absolute Gasteiger partial charge is 0.481 e. The highest BCUT2D eigenvalue weighted by Crippen LogP contribution is 2.19. The molecule has 7 nitrogen and oxygen atoms in total. The third-order valence-electron chi connectivity index (χ3n) is 3.82. The second kappa shape index (κ2) is 8.24. The molecule has 0 amide bonds. The number of hydrogen-bond donors (Lipinski definition) is 1. The van der Waals surface area contributed by atoms with Gasteiger partial charge >= 0.3 is 5.97 Å². The number of aldehydes is 1. The van der Waals surface area contributed by atoms with E-state index in [0.717, 1.165) is 0 Å². The number of carbonyl (C=O) groups excluding carboxylic acids is 4. The van der Waals surface area contributed by atoms with Crippen molar-refractivity contribution in [1.82, 2.24) is 4.98 Å². The molecule has 0 fully saturated rings. The fourth-order valence-corrected chi connectivity index (χ4v) is 2.66. The summed E-state index contributed by atoms with van der Waals surface area (Å²) in [6, 6.07) is 6.44. The molecule has 0 saturated heterocycles. The summed E-state index contributed by atoms with van der Waals surface area (Å²) in [6.07, 6.45) is 0.618. The molecular weight excluding hydrogens is 338 g/mol. The molecule has 7 heteroatoms. The summed E-state index contributed by atoms with van der Waals surface area (Å²) in [7, 11) is 0. The molecule has 0 unspecified atom stereocenters. The van der Waals surface area contributed by atoms with Gasteiger partial charge in [-0.15, -0.1) is 0 Å². The molecule has 136 valence electrons. The number of Topliss-reactive ketones (excluding diaryl/α,β-unsaturated/α-hetero) is 2. The van der Waals surface area contributed by atoms with E-state index in [1.807, 2.05) is 0 Å². The van der Waals surface area contributed by atoms with Crippen LogP contribution in [0.1, 0.15) is 49.4 Å². The van der Waals surface area contributed by atoms with Gasteiger partial charge in [0.05, 0.1) is 11.3 Å². The number of aryl methyl sites for hydroxylation is 1. The van der Waals surface area contributed by atoms with E-state index < -0.39 is 25.0 Å². The van der Waals surface area contributed by atoms with Crippen molar-refractivity contribution in [3.63, 3.8) is 0 Å². The Morgan fingerprint density at radius 1 is 1.12 bits per heavy atom. The molecule has 1 aromatic carbocycles. The second-order valence-electron chi connectivity index (χ2n) is 5.71. The molecule has 1 N–H and O–H groups in total. The SMILES string of the molecule is CC(=O)c1c(C)[nH]c(C(=O)COC(=O)COc2ccccc2C=O)c1C. The van der Waals surface area contributed by atoms with Crippen LogP contribution in [0.25, 0.3) is 0 Å². The molecule has 0 radical (unpaired) electrons. The number of ketones is 2. The van der Waals surface area contributed by atoms with Crippen LogP contribution in [-0.4, -0.2) is 42.0 Å². The van der Waals surface area contributed by atoms with Gasteiger partial charge in [0, 0.05) is 11.3 Å². The molecule has 0 spiro atoms. The Bertz CT molecular complexity index is 865. The van der Waals surface area contributed by atoms with Crippen LogP contribution in [0.3, 0.4) is 0 Å². The Kier molecular flexibility index (Phi) is 6.06. The third kappa shape index (κ3) is 4.24. The molecule has 0 aliphatic carbocycles. The first kappa shape index (κ1) is 19.1. The van der Waals surface area contributed by atoms with Crippen molar-refractivity contribution in [1.29, 1.82) is 0 Å². The first-order chi connectivity index (χ1) is 12.3. The molecule has 0 bridgehead atoms. The molecule has 2 aromatic rings. The van der Waals surface area contributed by atoms with Gasteiger partial charge < -0.3 is 14.5 Å². The number of para-hydroxylation sites is 1. The fourth-order valence-electron chi connectivity index (χ4n) is 2.66. The number of esters is 1. The van der Waals surface area contributed by atoms with Crippen LogP contribution in [0.15, 0.2) is 24.3 Å². The first-order valence-electron chi connectivity index (χ1n) is 7.91. The van der Waals surface area contributed by atoms with Crippen molar-refractivity contribution in [2.24, 2.45) is 0 Å². The molecule has 0 aliphatic heterocycles. The summed E-state index contributed by atoms with van der Waals surface area (Å²) < 4.78 is 10.1. The van der Waals surface area contributed by atoms with Gasteiger partial charge in [-0.25, -0.2) is 4.79 Å². The van der Waals surface area contributed by atoms with Gasteiger partial charge in [-0.05, 0) is 38.5 Å². The molecule has 1 aromatic heterocycles. The van der Waals surface area contributed by atoms with Crippen LogP contribution in [0, 0.1) is 13.8 Å². The van der Waals surface area contributed by atoms with Crippen molar-refractivity contribution < 1.29 is 28.7 Å². The molecular formula is C19H19NO6. The maximum Gasteiger partial charge on any atom is 0.344 e. The van der Waals surface area contributed by atoms with E-state index in [2.05, 4.69) is 4.98 Å². The highest BCUT2D eigenvalue weighted by Gasteiger charge is 2.20. The molecule has 26 heavy (non-hydrogen) atoms. The lowest BCUT2D eigenvalue weighted by Crippen LogP contribution is -2.20. The smallest absolute Gasteiger partial charge is 0.344 e. The van der Waals surface area contributed by atoms with E-state index in [1.54, 1.807) is 38.1 Å². The molecule has 2 rings (SSSR count). The first-order valence-corrected chi connectivity index (χ1v) is 7.91. The summed E-state index contributed by atoms with van der Waals surface area (Å²) >= 11 is 0. The van der Waals surface area contributed by atoms with E-state index in [0.29, 0.717) is 28.7 Å². The van der Waals surface area contributed by atoms with Gasteiger partial charge in [0.15, 0.2) is 25.3 Å². The number of benzene rings is 1. The minimum atomic E-state index is -0.744. The van der Waals surface area contributed by atoms with Gasteiger partial charge in [0.1, 0.15) is 5.75 Å². The minimum absolute atomic E-state index is 0.144. The monoisotopic (exact) mass is 357 g/mol. The maximum absolute atomic E-state index is 12.2. The number of nitrogens with one attached hydrogen (secondary N) is 1. The van der Waals surface area contributed by atoms with Gasteiger partial charge in [-0.3, -0.25) is 14.4 Å². The number of hydrogen-bond acceptors (Lipinski definition) is 6.